The Labute approximate surface area is 166 Å². The largest absolute Gasteiger partial charge is 0.320 e. The fourth-order valence-electron chi connectivity index (χ4n) is 6.67. The second-order valence-electron chi connectivity index (χ2n) is 9.97. The van der Waals surface area contributed by atoms with Crippen LogP contribution in [0.15, 0.2) is 0 Å². The number of carbonyl (C=O) groups is 1. The van der Waals surface area contributed by atoms with Gasteiger partial charge in [0.2, 0.25) is 0 Å². The maximum Gasteiger partial charge on any atom is 0.320 e. The van der Waals surface area contributed by atoms with Gasteiger partial charge in [0, 0.05) is 31.7 Å². The molecule has 2 saturated heterocycles. The number of piperidine rings is 1. The van der Waals surface area contributed by atoms with Crippen molar-refractivity contribution in [2.75, 3.05) is 19.6 Å². The molecule has 2 amide bonds. The smallest absolute Gasteiger partial charge is 0.320 e. The quantitative estimate of drug-likeness (QED) is 0.710. The van der Waals surface area contributed by atoms with E-state index < -0.39 is 0 Å². The molecule has 0 spiro atoms. The Hall–Kier alpha value is -0.770. The van der Waals surface area contributed by atoms with Crippen molar-refractivity contribution in [3.05, 3.63) is 0 Å². The van der Waals surface area contributed by atoms with Crippen LogP contribution in [-0.2, 0) is 0 Å². The van der Waals surface area contributed by atoms with Gasteiger partial charge in [-0.25, -0.2) is 4.79 Å². The standard InChI is InChI=1S/C23H41N3O/c1-4-25-21-7-5-6-8-22(21)26(23(25)27)20-13-15-24(16-14-20)19-11-9-18(10-12-19)17(2)3/h17-22H,4-16H2,1-3H3/t18?,19?,21-,22-/m1/s1. The first kappa shape index (κ1) is 19.5. The number of amides is 2. The maximum atomic E-state index is 13.1. The molecule has 2 heterocycles. The summed E-state index contributed by atoms with van der Waals surface area (Å²) in [5.41, 5.74) is 0. The SMILES string of the molecule is CCN1C(=O)N(C2CCN(C3CCC(C(C)C)CC3)CC2)[C@@H]2CCCC[C@H]21. The second-order valence-corrected chi connectivity index (χ2v) is 9.97. The summed E-state index contributed by atoms with van der Waals surface area (Å²) in [5, 5.41) is 0. The van der Waals surface area contributed by atoms with Crippen LogP contribution in [0.4, 0.5) is 4.79 Å². The van der Waals surface area contributed by atoms with Crippen LogP contribution in [0.3, 0.4) is 0 Å². The predicted molar refractivity (Wildman–Crippen MR) is 111 cm³/mol. The molecule has 4 aliphatic rings. The molecule has 0 aromatic rings. The van der Waals surface area contributed by atoms with Crippen LogP contribution in [0.1, 0.15) is 85.0 Å². The van der Waals surface area contributed by atoms with Gasteiger partial charge < -0.3 is 14.7 Å². The number of fused-ring (bicyclic) bond motifs is 1. The Kier molecular flexibility index (Phi) is 6.01. The summed E-state index contributed by atoms with van der Waals surface area (Å²) in [4.78, 5) is 20.4. The predicted octanol–water partition coefficient (Wildman–Crippen LogP) is 4.73. The van der Waals surface area contributed by atoms with Gasteiger partial charge in [-0.15, -0.1) is 0 Å². The molecule has 0 bridgehead atoms. The summed E-state index contributed by atoms with van der Waals surface area (Å²) in [6, 6.07) is 2.66. The Morgan fingerprint density at radius 3 is 2.07 bits per heavy atom. The normalized spacial score (nSPS) is 36.5. The van der Waals surface area contributed by atoms with Gasteiger partial charge in [-0.1, -0.05) is 26.7 Å². The molecular weight excluding hydrogens is 334 g/mol. The number of nitrogens with zero attached hydrogens (tertiary/aromatic N) is 3. The molecule has 4 rings (SSSR count). The van der Waals surface area contributed by atoms with Crippen LogP contribution in [0.2, 0.25) is 0 Å². The van der Waals surface area contributed by atoms with E-state index >= 15 is 0 Å². The third-order valence-electron chi connectivity index (χ3n) is 8.35. The molecule has 27 heavy (non-hydrogen) atoms. The minimum atomic E-state index is 0.352. The average Bonchev–Trinajstić information content (AvgIpc) is 2.99. The van der Waals surface area contributed by atoms with Crippen molar-refractivity contribution in [2.45, 2.75) is 109 Å². The summed E-state index contributed by atoms with van der Waals surface area (Å²) in [7, 11) is 0. The van der Waals surface area contributed by atoms with E-state index in [4.69, 9.17) is 0 Å². The first-order valence-electron chi connectivity index (χ1n) is 11.9. The lowest BCUT2D eigenvalue weighted by atomic mass is 9.79. The van der Waals surface area contributed by atoms with E-state index in [1.165, 1.54) is 77.3 Å². The van der Waals surface area contributed by atoms with E-state index in [0.29, 0.717) is 24.2 Å². The van der Waals surface area contributed by atoms with Gasteiger partial charge in [0.15, 0.2) is 0 Å². The van der Waals surface area contributed by atoms with Gasteiger partial charge in [-0.05, 0) is 70.1 Å². The molecule has 2 saturated carbocycles. The lowest BCUT2D eigenvalue weighted by molar-refractivity contribution is 0.0605. The second kappa shape index (κ2) is 8.31. The maximum absolute atomic E-state index is 13.1. The molecule has 4 fully saturated rings. The first-order chi connectivity index (χ1) is 13.1. The van der Waals surface area contributed by atoms with Gasteiger partial charge in [-0.2, -0.15) is 0 Å². The summed E-state index contributed by atoms with van der Waals surface area (Å²) in [6.07, 6.45) is 13.1. The highest BCUT2D eigenvalue weighted by Crippen LogP contribution is 2.38. The van der Waals surface area contributed by atoms with Crippen molar-refractivity contribution < 1.29 is 4.79 Å². The van der Waals surface area contributed by atoms with Gasteiger partial charge in [0.1, 0.15) is 0 Å². The fourth-order valence-corrected chi connectivity index (χ4v) is 6.67. The molecule has 4 nitrogen and oxygen atoms in total. The minimum absolute atomic E-state index is 0.352. The molecule has 2 aliphatic carbocycles. The van der Waals surface area contributed by atoms with Gasteiger partial charge in [-0.3, -0.25) is 0 Å². The Bertz CT molecular complexity index is 506. The van der Waals surface area contributed by atoms with Gasteiger partial charge >= 0.3 is 6.03 Å². The topological polar surface area (TPSA) is 26.8 Å². The highest BCUT2D eigenvalue weighted by atomic mass is 16.2. The van der Waals surface area contributed by atoms with Crippen molar-refractivity contribution in [1.82, 2.24) is 14.7 Å². The molecule has 0 N–H and O–H groups in total. The Morgan fingerprint density at radius 1 is 0.852 bits per heavy atom. The zero-order valence-electron chi connectivity index (χ0n) is 17.9. The summed E-state index contributed by atoms with van der Waals surface area (Å²) in [6.45, 7) is 10.2. The highest BCUT2D eigenvalue weighted by molar-refractivity contribution is 5.78. The monoisotopic (exact) mass is 375 g/mol. The third kappa shape index (κ3) is 3.75. The fraction of sp³-hybridized carbons (Fsp3) is 0.957. The number of hydrogen-bond donors (Lipinski definition) is 0. The zero-order chi connectivity index (χ0) is 19.0. The molecule has 0 aromatic carbocycles. The van der Waals surface area contributed by atoms with Crippen molar-refractivity contribution in [1.29, 1.82) is 0 Å². The number of rotatable bonds is 4. The van der Waals surface area contributed by atoms with Crippen LogP contribution in [-0.4, -0.2) is 64.5 Å². The molecule has 2 atom stereocenters. The van der Waals surface area contributed by atoms with Crippen LogP contribution in [0.25, 0.3) is 0 Å². The van der Waals surface area contributed by atoms with Crippen LogP contribution in [0.5, 0.6) is 0 Å². The molecule has 2 aliphatic heterocycles. The number of likely N-dealkylation sites (tertiary alicyclic amines) is 1. The third-order valence-corrected chi connectivity index (χ3v) is 8.35. The minimum Gasteiger partial charge on any atom is -0.320 e. The number of likely N-dealkylation sites (N-methyl/N-ethyl adjacent to an activating group) is 1. The summed E-state index contributed by atoms with van der Waals surface area (Å²) >= 11 is 0. The lowest BCUT2D eigenvalue weighted by Crippen LogP contribution is -2.52. The molecule has 0 aromatic heterocycles. The first-order valence-corrected chi connectivity index (χ1v) is 11.9. The van der Waals surface area contributed by atoms with E-state index in [1.807, 2.05) is 0 Å². The summed E-state index contributed by atoms with van der Waals surface area (Å²) in [5.74, 6) is 1.80. The van der Waals surface area contributed by atoms with E-state index in [0.717, 1.165) is 24.4 Å². The molecule has 0 unspecified atom stereocenters. The highest BCUT2D eigenvalue weighted by Gasteiger charge is 2.48. The van der Waals surface area contributed by atoms with Crippen molar-refractivity contribution in [2.24, 2.45) is 11.8 Å². The average molecular weight is 376 g/mol. The molecule has 154 valence electrons. The van der Waals surface area contributed by atoms with Crippen LogP contribution in [0, 0.1) is 11.8 Å². The number of carbonyl (C=O) groups excluding carboxylic acids is 1. The van der Waals surface area contributed by atoms with E-state index in [1.54, 1.807) is 0 Å². The van der Waals surface area contributed by atoms with Crippen LogP contribution < -0.4 is 0 Å². The number of urea groups is 1. The van der Waals surface area contributed by atoms with Crippen molar-refractivity contribution in [3.8, 4) is 0 Å². The lowest BCUT2D eigenvalue weighted by Gasteiger charge is -2.44. The zero-order valence-corrected chi connectivity index (χ0v) is 17.9. The molecule has 4 heteroatoms. The van der Waals surface area contributed by atoms with Gasteiger partial charge in [0.05, 0.1) is 12.1 Å². The van der Waals surface area contributed by atoms with E-state index in [-0.39, 0.29) is 0 Å². The molecular formula is C23H41N3O. The summed E-state index contributed by atoms with van der Waals surface area (Å²) < 4.78 is 0. The van der Waals surface area contributed by atoms with Crippen molar-refractivity contribution >= 4 is 6.03 Å². The van der Waals surface area contributed by atoms with Gasteiger partial charge in [0.25, 0.3) is 0 Å². The Balaban J connectivity index is 1.33. The Morgan fingerprint density at radius 2 is 1.48 bits per heavy atom. The molecule has 0 radical (unpaired) electrons. The van der Waals surface area contributed by atoms with Crippen molar-refractivity contribution in [3.63, 3.8) is 0 Å². The van der Waals surface area contributed by atoms with E-state index in [9.17, 15) is 4.79 Å². The van der Waals surface area contributed by atoms with Crippen LogP contribution >= 0.6 is 0 Å². The van der Waals surface area contributed by atoms with E-state index in [2.05, 4.69) is 35.5 Å². The number of hydrogen-bond acceptors (Lipinski definition) is 2.